The van der Waals surface area contributed by atoms with Crippen LogP contribution in [0.3, 0.4) is 0 Å². The third kappa shape index (κ3) is 3.77. The third-order valence-corrected chi connectivity index (χ3v) is 4.79. The molecule has 0 amide bonds. The van der Waals surface area contributed by atoms with Gasteiger partial charge in [-0.1, -0.05) is 19.9 Å². The number of fused-ring (bicyclic) bond motifs is 1. The van der Waals surface area contributed by atoms with Gasteiger partial charge < -0.3 is 9.47 Å². The number of benzene rings is 1. The molecule has 1 N–H and O–H groups in total. The Balaban J connectivity index is 2.46. The molecule has 9 heteroatoms. The van der Waals surface area contributed by atoms with Gasteiger partial charge in [-0.15, -0.1) is 15.9 Å². The van der Waals surface area contributed by atoms with Gasteiger partial charge in [0, 0.05) is 23.6 Å². The Morgan fingerprint density at radius 1 is 1.52 bits per heavy atom. The van der Waals surface area contributed by atoms with Gasteiger partial charge in [0.05, 0.1) is 6.61 Å². The maximum atomic E-state index is 11.5. The first-order valence-electron chi connectivity index (χ1n) is 6.79. The van der Waals surface area contributed by atoms with Crippen LogP contribution >= 0.6 is 11.6 Å². The fourth-order valence-electron chi connectivity index (χ4n) is 2.32. The van der Waals surface area contributed by atoms with Crippen molar-refractivity contribution < 1.29 is 27.2 Å². The van der Waals surface area contributed by atoms with Crippen LogP contribution < -0.4 is 4.74 Å². The summed E-state index contributed by atoms with van der Waals surface area (Å²) in [6.45, 7) is 4.45. The van der Waals surface area contributed by atoms with Gasteiger partial charge >= 0.3 is 16.3 Å². The molecule has 23 heavy (non-hydrogen) atoms. The lowest BCUT2D eigenvalue weighted by Crippen LogP contribution is -2.34. The first kappa shape index (κ1) is 18.0. The van der Waals surface area contributed by atoms with E-state index in [4.69, 9.17) is 21.1 Å². The molecule has 0 saturated carbocycles. The summed E-state index contributed by atoms with van der Waals surface area (Å²) in [6.07, 6.45) is -1.32. The summed E-state index contributed by atoms with van der Waals surface area (Å²) in [4.78, 5) is 11.5. The highest BCUT2D eigenvalue weighted by Crippen LogP contribution is 2.40. The molecule has 2 rings (SSSR count). The SMILES string of the molecule is CN(C(OC(=O)CCl)c1ccc2c(c1)C(C)(C)CO2)S(=O)(=O)O. The molecule has 1 aliphatic rings. The molecule has 0 spiro atoms. The summed E-state index contributed by atoms with van der Waals surface area (Å²) >= 11 is 5.42. The highest BCUT2D eigenvalue weighted by atomic mass is 35.5. The van der Waals surface area contributed by atoms with Crippen LogP contribution in [0, 0.1) is 0 Å². The third-order valence-electron chi connectivity index (χ3n) is 3.65. The van der Waals surface area contributed by atoms with Crippen molar-refractivity contribution in [3.63, 3.8) is 0 Å². The van der Waals surface area contributed by atoms with Crippen molar-refractivity contribution in [3.8, 4) is 5.75 Å². The van der Waals surface area contributed by atoms with E-state index in [1.807, 2.05) is 13.8 Å². The van der Waals surface area contributed by atoms with E-state index in [0.717, 1.165) is 12.6 Å². The maximum Gasteiger partial charge on any atom is 0.339 e. The van der Waals surface area contributed by atoms with Crippen molar-refractivity contribution in [3.05, 3.63) is 29.3 Å². The number of carbonyl (C=O) groups is 1. The average molecular weight is 364 g/mol. The minimum atomic E-state index is -4.57. The Kier molecular flexibility index (Phi) is 4.91. The summed E-state index contributed by atoms with van der Waals surface area (Å²) in [6, 6.07) is 4.96. The zero-order valence-electron chi connectivity index (χ0n) is 12.9. The molecule has 7 nitrogen and oxygen atoms in total. The Morgan fingerprint density at radius 3 is 2.74 bits per heavy atom. The number of halogens is 1. The number of hydrogen-bond donors (Lipinski definition) is 1. The van der Waals surface area contributed by atoms with Crippen LogP contribution in [0.25, 0.3) is 0 Å². The summed E-state index contributed by atoms with van der Waals surface area (Å²) in [5.74, 6) is -0.547. The van der Waals surface area contributed by atoms with Crippen molar-refractivity contribution in [2.24, 2.45) is 0 Å². The van der Waals surface area contributed by atoms with Crippen molar-refractivity contribution in [2.45, 2.75) is 25.5 Å². The van der Waals surface area contributed by atoms with E-state index in [1.165, 1.54) is 0 Å². The topological polar surface area (TPSA) is 93.1 Å². The molecule has 0 radical (unpaired) electrons. The molecule has 1 aromatic carbocycles. The van der Waals surface area contributed by atoms with Crippen molar-refractivity contribution in [1.82, 2.24) is 4.31 Å². The number of hydrogen-bond acceptors (Lipinski definition) is 5. The predicted molar refractivity (Wildman–Crippen MR) is 83.8 cm³/mol. The van der Waals surface area contributed by atoms with E-state index in [0.29, 0.717) is 22.2 Å². The summed E-state index contributed by atoms with van der Waals surface area (Å²) in [5.41, 5.74) is 0.995. The van der Waals surface area contributed by atoms with Gasteiger partial charge in [-0.2, -0.15) is 8.42 Å². The highest BCUT2D eigenvalue weighted by Gasteiger charge is 2.35. The standard InChI is InChI=1S/C14H18ClNO6S/c1-14(2)8-21-11-5-4-9(6-10(11)14)13(22-12(17)7-15)16(3)23(18,19)20/h4-6,13H,7-8H2,1-3H3,(H,18,19,20). The first-order valence-corrected chi connectivity index (χ1v) is 8.72. The van der Waals surface area contributed by atoms with E-state index in [9.17, 15) is 17.8 Å². The molecular weight excluding hydrogens is 346 g/mol. The van der Waals surface area contributed by atoms with Crippen LogP contribution in [-0.2, 0) is 25.3 Å². The van der Waals surface area contributed by atoms with Crippen molar-refractivity contribution >= 4 is 27.9 Å². The molecule has 0 fully saturated rings. The second-order valence-corrected chi connectivity index (χ2v) is 7.64. The molecule has 1 atom stereocenters. The second kappa shape index (κ2) is 6.27. The van der Waals surface area contributed by atoms with Crippen LogP contribution in [0.1, 0.15) is 31.2 Å². The van der Waals surface area contributed by atoms with Gasteiger partial charge in [-0.05, 0) is 12.1 Å². The molecule has 1 aliphatic heterocycles. The Hall–Kier alpha value is -1.35. The largest absolute Gasteiger partial charge is 0.492 e. The number of esters is 1. The molecule has 1 unspecified atom stereocenters. The summed E-state index contributed by atoms with van der Waals surface area (Å²) in [5, 5.41) is 0. The van der Waals surface area contributed by atoms with E-state index in [1.54, 1.807) is 18.2 Å². The van der Waals surface area contributed by atoms with E-state index >= 15 is 0 Å². The monoisotopic (exact) mass is 363 g/mol. The fourth-order valence-corrected chi connectivity index (χ4v) is 2.79. The molecular formula is C14H18ClNO6S. The first-order chi connectivity index (χ1) is 10.6. The molecule has 1 aromatic rings. The lowest BCUT2D eigenvalue weighted by molar-refractivity contribution is -0.151. The lowest BCUT2D eigenvalue weighted by Gasteiger charge is -2.26. The lowest BCUT2D eigenvalue weighted by atomic mass is 9.86. The van der Waals surface area contributed by atoms with Crippen molar-refractivity contribution in [1.29, 1.82) is 0 Å². The smallest absolute Gasteiger partial charge is 0.339 e. The Morgan fingerprint density at radius 2 is 2.17 bits per heavy atom. The molecule has 0 aromatic heterocycles. The minimum Gasteiger partial charge on any atom is -0.492 e. The Bertz CT molecular complexity index is 718. The quantitative estimate of drug-likeness (QED) is 0.371. The zero-order valence-corrected chi connectivity index (χ0v) is 14.5. The van der Waals surface area contributed by atoms with Gasteiger partial charge in [0.1, 0.15) is 11.6 Å². The normalized spacial score (nSPS) is 17.5. The number of carbonyl (C=O) groups excluding carboxylic acids is 1. The molecule has 1 heterocycles. The van der Waals surface area contributed by atoms with Gasteiger partial charge in [-0.3, -0.25) is 9.35 Å². The maximum absolute atomic E-state index is 11.5. The highest BCUT2D eigenvalue weighted by molar-refractivity contribution is 7.83. The molecule has 0 saturated heterocycles. The minimum absolute atomic E-state index is 0.261. The van der Waals surface area contributed by atoms with Gasteiger partial charge in [0.2, 0.25) is 0 Å². The van der Waals surface area contributed by atoms with Crippen LogP contribution in [-0.4, -0.2) is 42.8 Å². The van der Waals surface area contributed by atoms with Crippen LogP contribution in [0.2, 0.25) is 0 Å². The molecule has 0 aliphatic carbocycles. The molecule has 0 bridgehead atoms. The van der Waals surface area contributed by atoms with Crippen molar-refractivity contribution in [2.75, 3.05) is 19.5 Å². The summed E-state index contributed by atoms with van der Waals surface area (Å²) < 4.78 is 43.3. The van der Waals surface area contributed by atoms with Gasteiger partial charge in [-0.25, -0.2) is 0 Å². The Labute approximate surface area is 140 Å². The van der Waals surface area contributed by atoms with E-state index in [-0.39, 0.29) is 5.41 Å². The van der Waals surface area contributed by atoms with Crippen LogP contribution in [0.5, 0.6) is 5.75 Å². The molecule has 128 valence electrons. The number of rotatable bonds is 5. The number of nitrogens with zero attached hydrogens (tertiary/aromatic N) is 1. The van der Waals surface area contributed by atoms with E-state index < -0.39 is 28.4 Å². The second-order valence-electron chi connectivity index (χ2n) is 5.90. The number of ether oxygens (including phenoxy) is 2. The van der Waals surface area contributed by atoms with Gasteiger partial charge in [0.15, 0.2) is 6.23 Å². The fraction of sp³-hybridized carbons (Fsp3) is 0.500. The predicted octanol–water partition coefficient (Wildman–Crippen LogP) is 1.87. The van der Waals surface area contributed by atoms with Crippen LogP contribution in [0.15, 0.2) is 18.2 Å². The zero-order chi connectivity index (χ0) is 17.4. The number of alkyl halides is 1. The summed E-state index contributed by atoms with van der Waals surface area (Å²) in [7, 11) is -3.46. The van der Waals surface area contributed by atoms with E-state index in [2.05, 4.69) is 0 Å². The average Bonchev–Trinajstić information content (AvgIpc) is 2.78. The van der Waals surface area contributed by atoms with Gasteiger partial charge in [0.25, 0.3) is 0 Å². The van der Waals surface area contributed by atoms with Crippen LogP contribution in [0.4, 0.5) is 0 Å².